The largest absolute Gasteiger partial charge is 0.480 e. The molecule has 6 heteroatoms. The van der Waals surface area contributed by atoms with E-state index in [-0.39, 0.29) is 0 Å². The van der Waals surface area contributed by atoms with E-state index in [0.29, 0.717) is 19.0 Å². The maximum absolute atomic E-state index is 11.0. The van der Waals surface area contributed by atoms with Gasteiger partial charge in [-0.1, -0.05) is 19.8 Å². The molecule has 1 aromatic rings. The van der Waals surface area contributed by atoms with Crippen LogP contribution in [0.25, 0.3) is 0 Å². The molecule has 0 radical (unpaired) electrons. The van der Waals surface area contributed by atoms with Crippen LogP contribution in [0, 0.1) is 0 Å². The molecule has 0 aromatic carbocycles. The summed E-state index contributed by atoms with van der Waals surface area (Å²) in [7, 11) is 1.50. The summed E-state index contributed by atoms with van der Waals surface area (Å²) in [6.45, 7) is 2.47. The first-order valence-electron chi connectivity index (χ1n) is 5.98. The Kier molecular flexibility index (Phi) is 6.07. The van der Waals surface area contributed by atoms with Crippen LogP contribution in [-0.4, -0.2) is 34.2 Å². The van der Waals surface area contributed by atoms with Gasteiger partial charge in [0.2, 0.25) is 0 Å². The van der Waals surface area contributed by atoms with Crippen LogP contribution >= 0.6 is 0 Å². The molecule has 0 spiro atoms. The summed E-state index contributed by atoms with van der Waals surface area (Å²) >= 11 is 0. The normalized spacial score (nSPS) is 12.1. The van der Waals surface area contributed by atoms with Gasteiger partial charge >= 0.3 is 12.0 Å². The average molecular weight is 253 g/mol. The minimum Gasteiger partial charge on any atom is -0.480 e. The molecule has 0 bridgehead atoms. The maximum atomic E-state index is 11.0. The van der Waals surface area contributed by atoms with Gasteiger partial charge in [0, 0.05) is 24.5 Å². The van der Waals surface area contributed by atoms with Crippen LogP contribution in [0.1, 0.15) is 31.7 Å². The van der Waals surface area contributed by atoms with Crippen molar-refractivity contribution in [1.29, 1.82) is 0 Å². The number of unbranched alkanes of at least 4 members (excludes halogenated alkanes) is 1. The molecule has 1 atom stereocenters. The second kappa shape index (κ2) is 7.60. The molecule has 1 heterocycles. The number of aromatic nitrogens is 2. The van der Waals surface area contributed by atoms with Gasteiger partial charge in [0.1, 0.15) is 6.04 Å². The summed E-state index contributed by atoms with van der Waals surface area (Å²) in [5.74, 6) is -0.821. The Bertz CT molecular complexity index is 367. The molecule has 6 nitrogen and oxygen atoms in total. The summed E-state index contributed by atoms with van der Waals surface area (Å²) < 4.78 is 4.85. The van der Waals surface area contributed by atoms with Gasteiger partial charge in [-0.25, -0.2) is 9.97 Å². The monoisotopic (exact) mass is 253 g/mol. The van der Waals surface area contributed by atoms with E-state index in [1.165, 1.54) is 7.11 Å². The third-order valence-corrected chi connectivity index (χ3v) is 2.56. The quantitative estimate of drug-likeness (QED) is 0.724. The van der Waals surface area contributed by atoms with E-state index in [9.17, 15) is 4.79 Å². The second-order valence-corrected chi connectivity index (χ2v) is 3.99. The van der Waals surface area contributed by atoms with Crippen LogP contribution in [0.2, 0.25) is 0 Å². The Balaban J connectivity index is 2.47. The van der Waals surface area contributed by atoms with Crippen molar-refractivity contribution in [3.63, 3.8) is 0 Å². The third-order valence-electron chi connectivity index (χ3n) is 2.56. The Morgan fingerprint density at radius 1 is 1.50 bits per heavy atom. The zero-order valence-electron chi connectivity index (χ0n) is 10.7. The van der Waals surface area contributed by atoms with E-state index in [1.54, 1.807) is 12.4 Å². The van der Waals surface area contributed by atoms with Crippen molar-refractivity contribution < 1.29 is 14.6 Å². The highest BCUT2D eigenvalue weighted by Gasteiger charge is 2.15. The fraction of sp³-hybridized carbons (Fsp3) is 0.583. The van der Waals surface area contributed by atoms with Gasteiger partial charge in [-0.15, -0.1) is 0 Å². The summed E-state index contributed by atoms with van der Waals surface area (Å²) in [5, 5.41) is 12.0. The number of carboxylic acid groups (broad SMARTS) is 1. The molecule has 0 saturated carbocycles. The lowest BCUT2D eigenvalue weighted by Crippen LogP contribution is -2.36. The zero-order chi connectivity index (χ0) is 13.4. The smallest absolute Gasteiger partial charge is 0.320 e. The highest BCUT2D eigenvalue weighted by molar-refractivity contribution is 5.73. The number of rotatable bonds is 8. The molecule has 1 rings (SSSR count). The van der Waals surface area contributed by atoms with Crippen molar-refractivity contribution >= 4 is 5.97 Å². The van der Waals surface area contributed by atoms with Gasteiger partial charge in [-0.2, -0.15) is 0 Å². The van der Waals surface area contributed by atoms with Crippen molar-refractivity contribution in [3.05, 3.63) is 18.0 Å². The second-order valence-electron chi connectivity index (χ2n) is 3.99. The first kappa shape index (κ1) is 14.4. The third kappa shape index (κ3) is 4.67. The van der Waals surface area contributed by atoms with E-state index in [0.717, 1.165) is 18.4 Å². The van der Waals surface area contributed by atoms with E-state index in [4.69, 9.17) is 9.84 Å². The molecular formula is C12H19N3O3. The maximum Gasteiger partial charge on any atom is 0.320 e. The molecule has 1 unspecified atom stereocenters. The number of hydrogen-bond donors (Lipinski definition) is 2. The fourth-order valence-corrected chi connectivity index (χ4v) is 1.50. The summed E-state index contributed by atoms with van der Waals surface area (Å²) in [6.07, 6.45) is 5.75. The van der Waals surface area contributed by atoms with Gasteiger partial charge in [-0.05, 0) is 6.42 Å². The predicted octanol–water partition coefficient (Wildman–Crippen LogP) is 1.22. The predicted molar refractivity (Wildman–Crippen MR) is 66.4 cm³/mol. The van der Waals surface area contributed by atoms with Crippen molar-refractivity contribution in [1.82, 2.24) is 15.3 Å². The number of nitrogens with one attached hydrogen (secondary N) is 1. The van der Waals surface area contributed by atoms with Crippen molar-refractivity contribution in [2.75, 3.05) is 7.11 Å². The van der Waals surface area contributed by atoms with Crippen molar-refractivity contribution in [2.45, 2.75) is 38.8 Å². The molecule has 0 amide bonds. The van der Waals surface area contributed by atoms with Crippen molar-refractivity contribution in [3.8, 4) is 6.01 Å². The number of carbonyl (C=O) groups is 1. The first-order valence-corrected chi connectivity index (χ1v) is 5.98. The molecule has 0 saturated heterocycles. The first-order chi connectivity index (χ1) is 8.67. The van der Waals surface area contributed by atoms with E-state index < -0.39 is 12.0 Å². The van der Waals surface area contributed by atoms with Crippen LogP contribution in [0.15, 0.2) is 12.4 Å². The van der Waals surface area contributed by atoms with Crippen LogP contribution in [-0.2, 0) is 11.3 Å². The van der Waals surface area contributed by atoms with Gasteiger partial charge in [0.25, 0.3) is 0 Å². The Morgan fingerprint density at radius 3 is 2.67 bits per heavy atom. The standard InChI is InChI=1S/C12H19N3O3/c1-3-4-5-10(11(16)17)13-6-9-7-14-12(18-2)15-8-9/h7-8,10,13H,3-6H2,1-2H3,(H,16,17). The van der Waals surface area contributed by atoms with E-state index in [1.807, 2.05) is 6.92 Å². The molecule has 0 fully saturated rings. The number of nitrogens with zero attached hydrogens (tertiary/aromatic N) is 2. The lowest BCUT2D eigenvalue weighted by molar-refractivity contribution is -0.139. The number of hydrogen-bond acceptors (Lipinski definition) is 5. The Labute approximate surface area is 106 Å². The van der Waals surface area contributed by atoms with Gasteiger partial charge in [-0.3, -0.25) is 4.79 Å². The Hall–Kier alpha value is -1.69. The topological polar surface area (TPSA) is 84.3 Å². The molecule has 100 valence electrons. The van der Waals surface area contributed by atoms with E-state index in [2.05, 4.69) is 15.3 Å². The minimum absolute atomic E-state index is 0.305. The van der Waals surface area contributed by atoms with E-state index >= 15 is 0 Å². The molecular weight excluding hydrogens is 234 g/mol. The molecule has 0 aliphatic rings. The van der Waals surface area contributed by atoms with Crippen molar-refractivity contribution in [2.24, 2.45) is 0 Å². The number of carboxylic acids is 1. The summed E-state index contributed by atoms with van der Waals surface area (Å²) in [6, 6.07) is -0.216. The van der Waals surface area contributed by atoms with Crippen LogP contribution in [0.4, 0.5) is 0 Å². The molecule has 18 heavy (non-hydrogen) atoms. The molecule has 1 aromatic heterocycles. The van der Waals surface area contributed by atoms with Gasteiger partial charge in [0.15, 0.2) is 0 Å². The highest BCUT2D eigenvalue weighted by atomic mass is 16.5. The molecule has 0 aliphatic carbocycles. The number of methoxy groups -OCH3 is 1. The summed E-state index contributed by atoms with van der Waals surface area (Å²) in [5.41, 5.74) is 0.832. The minimum atomic E-state index is -0.821. The lowest BCUT2D eigenvalue weighted by atomic mass is 10.1. The SMILES string of the molecule is CCCCC(NCc1cnc(OC)nc1)C(=O)O. The zero-order valence-corrected chi connectivity index (χ0v) is 10.7. The highest BCUT2D eigenvalue weighted by Crippen LogP contribution is 2.04. The fourth-order valence-electron chi connectivity index (χ4n) is 1.50. The van der Waals surface area contributed by atoms with Crippen LogP contribution < -0.4 is 10.1 Å². The van der Waals surface area contributed by atoms with Gasteiger partial charge in [0.05, 0.1) is 7.11 Å². The number of aliphatic carboxylic acids is 1. The van der Waals surface area contributed by atoms with Crippen LogP contribution in [0.3, 0.4) is 0 Å². The average Bonchev–Trinajstić information content (AvgIpc) is 2.39. The molecule has 0 aliphatic heterocycles. The van der Waals surface area contributed by atoms with Gasteiger partial charge < -0.3 is 15.2 Å². The summed E-state index contributed by atoms with van der Waals surface area (Å²) in [4.78, 5) is 18.9. The number of ether oxygens (including phenoxy) is 1. The van der Waals surface area contributed by atoms with Crippen LogP contribution in [0.5, 0.6) is 6.01 Å². The lowest BCUT2D eigenvalue weighted by Gasteiger charge is -2.13. The molecule has 2 N–H and O–H groups in total. The Morgan fingerprint density at radius 2 is 2.17 bits per heavy atom.